The van der Waals surface area contributed by atoms with Gasteiger partial charge in [-0.2, -0.15) is 0 Å². The van der Waals surface area contributed by atoms with Gasteiger partial charge < -0.3 is 10.6 Å². The van der Waals surface area contributed by atoms with Gasteiger partial charge in [0.05, 0.1) is 5.56 Å². The lowest BCUT2D eigenvalue weighted by molar-refractivity contribution is 0.0934. The molecule has 2 aliphatic rings. The number of anilines is 1. The van der Waals surface area contributed by atoms with Crippen LogP contribution < -0.4 is 10.6 Å². The molecule has 0 spiro atoms. The minimum absolute atomic E-state index is 0.0150. The van der Waals surface area contributed by atoms with Crippen molar-refractivity contribution in [2.45, 2.75) is 52.6 Å². The van der Waals surface area contributed by atoms with Gasteiger partial charge in [-0.25, -0.2) is 4.39 Å². The number of thiophene rings is 1. The van der Waals surface area contributed by atoms with Crippen molar-refractivity contribution in [3.8, 4) is 0 Å². The summed E-state index contributed by atoms with van der Waals surface area (Å²) < 4.78 is 13.2. The molecule has 0 fully saturated rings. The number of hydrogen-bond acceptors (Lipinski definition) is 3. The van der Waals surface area contributed by atoms with E-state index in [0.717, 1.165) is 35.4 Å². The lowest BCUT2D eigenvalue weighted by Gasteiger charge is -2.36. The summed E-state index contributed by atoms with van der Waals surface area (Å²) in [6, 6.07) is 6.28. The Kier molecular flexibility index (Phi) is 4.30. The Morgan fingerprint density at radius 2 is 1.96 bits per heavy atom. The number of amides is 1. The van der Waals surface area contributed by atoms with Crippen molar-refractivity contribution in [2.24, 2.45) is 11.3 Å². The lowest BCUT2D eigenvalue weighted by Crippen LogP contribution is -2.38. The van der Waals surface area contributed by atoms with E-state index in [-0.39, 0.29) is 17.9 Å². The Labute approximate surface area is 158 Å². The number of halogens is 1. The summed E-state index contributed by atoms with van der Waals surface area (Å²) in [5.74, 6) is 0.377. The SMILES string of the molecule is CCC(C)(C)[C@@H]1CCc2c(sc3c2C(=O)N[C@@H](c2ccc(F)cc2)N3)C1. The first-order chi connectivity index (χ1) is 12.4. The monoisotopic (exact) mass is 372 g/mol. The van der Waals surface area contributed by atoms with Gasteiger partial charge >= 0.3 is 0 Å². The maximum Gasteiger partial charge on any atom is 0.256 e. The van der Waals surface area contributed by atoms with Crippen LogP contribution in [-0.4, -0.2) is 5.91 Å². The first-order valence-corrected chi connectivity index (χ1v) is 10.2. The van der Waals surface area contributed by atoms with E-state index in [1.54, 1.807) is 23.5 Å². The van der Waals surface area contributed by atoms with Crippen molar-refractivity contribution in [1.29, 1.82) is 0 Å². The zero-order valence-corrected chi connectivity index (χ0v) is 16.3. The number of fused-ring (bicyclic) bond motifs is 3. The van der Waals surface area contributed by atoms with E-state index in [1.807, 2.05) is 0 Å². The molecule has 1 aromatic heterocycles. The number of carbonyl (C=O) groups excluding carboxylic acids is 1. The molecule has 0 bridgehead atoms. The standard InChI is InChI=1S/C21H25FN2OS/c1-4-21(2,3)13-7-10-15-16(11-13)26-20-17(15)19(25)23-18(24-20)12-5-8-14(22)9-6-12/h5-6,8-9,13,18,24H,4,7,10-11H2,1-3H3,(H,23,25)/t13-,18-/m1/s1. The highest BCUT2D eigenvalue weighted by atomic mass is 32.1. The molecular weight excluding hydrogens is 347 g/mol. The molecular formula is C21H25FN2OS. The third-order valence-corrected chi connectivity index (χ3v) is 7.45. The zero-order valence-electron chi connectivity index (χ0n) is 15.5. The van der Waals surface area contributed by atoms with Crippen LogP contribution in [0.15, 0.2) is 24.3 Å². The Morgan fingerprint density at radius 3 is 2.65 bits per heavy atom. The fourth-order valence-corrected chi connectivity index (χ4v) is 5.43. The topological polar surface area (TPSA) is 41.1 Å². The van der Waals surface area contributed by atoms with E-state index in [2.05, 4.69) is 31.4 Å². The number of hydrogen-bond donors (Lipinski definition) is 2. The van der Waals surface area contributed by atoms with Crippen molar-refractivity contribution in [2.75, 3.05) is 5.32 Å². The van der Waals surface area contributed by atoms with Gasteiger partial charge in [-0.15, -0.1) is 11.3 Å². The van der Waals surface area contributed by atoms with Crippen LogP contribution >= 0.6 is 11.3 Å². The summed E-state index contributed by atoms with van der Waals surface area (Å²) in [4.78, 5) is 14.1. The van der Waals surface area contributed by atoms with Crippen molar-refractivity contribution < 1.29 is 9.18 Å². The van der Waals surface area contributed by atoms with E-state index < -0.39 is 0 Å². The Hall–Kier alpha value is -1.88. The van der Waals surface area contributed by atoms with Gasteiger partial charge in [-0.05, 0) is 53.9 Å². The van der Waals surface area contributed by atoms with Crippen LogP contribution in [-0.2, 0) is 12.8 Å². The Morgan fingerprint density at radius 1 is 1.23 bits per heavy atom. The van der Waals surface area contributed by atoms with Crippen LogP contribution in [0.25, 0.3) is 0 Å². The molecule has 2 atom stereocenters. The van der Waals surface area contributed by atoms with Crippen LogP contribution in [0.1, 0.15) is 66.1 Å². The van der Waals surface area contributed by atoms with E-state index in [4.69, 9.17) is 0 Å². The van der Waals surface area contributed by atoms with Gasteiger partial charge in [0.15, 0.2) is 0 Å². The van der Waals surface area contributed by atoms with Gasteiger partial charge in [0.25, 0.3) is 5.91 Å². The second-order valence-corrected chi connectivity index (χ2v) is 9.20. The molecule has 1 aromatic carbocycles. The minimum Gasteiger partial charge on any atom is -0.353 e. The number of nitrogens with one attached hydrogen (secondary N) is 2. The fraction of sp³-hybridized carbons (Fsp3) is 0.476. The van der Waals surface area contributed by atoms with Crippen LogP contribution in [0.3, 0.4) is 0 Å². The van der Waals surface area contributed by atoms with E-state index in [9.17, 15) is 9.18 Å². The molecule has 0 saturated carbocycles. The molecule has 3 nitrogen and oxygen atoms in total. The first kappa shape index (κ1) is 17.5. The molecule has 138 valence electrons. The number of benzene rings is 1. The van der Waals surface area contributed by atoms with Gasteiger partial charge in [-0.1, -0.05) is 39.3 Å². The van der Waals surface area contributed by atoms with Crippen molar-refractivity contribution in [1.82, 2.24) is 5.32 Å². The molecule has 4 rings (SSSR count). The Balaban J connectivity index is 1.63. The summed E-state index contributed by atoms with van der Waals surface area (Å²) in [5, 5.41) is 7.44. The molecule has 0 saturated heterocycles. The molecule has 1 amide bonds. The predicted octanol–water partition coefficient (Wildman–Crippen LogP) is 5.28. The summed E-state index contributed by atoms with van der Waals surface area (Å²) in [6.07, 6.45) is 4.05. The molecule has 5 heteroatoms. The summed E-state index contributed by atoms with van der Waals surface area (Å²) in [5.41, 5.74) is 3.25. The van der Waals surface area contributed by atoms with Gasteiger partial charge in [-0.3, -0.25) is 4.79 Å². The largest absolute Gasteiger partial charge is 0.353 e. The second kappa shape index (κ2) is 6.38. The van der Waals surface area contributed by atoms with Crippen LogP contribution in [0.5, 0.6) is 0 Å². The molecule has 2 N–H and O–H groups in total. The molecule has 26 heavy (non-hydrogen) atoms. The average molecular weight is 373 g/mol. The third kappa shape index (κ3) is 2.92. The van der Waals surface area contributed by atoms with E-state index >= 15 is 0 Å². The Bertz CT molecular complexity index is 840. The van der Waals surface area contributed by atoms with E-state index in [0.29, 0.717) is 11.3 Å². The number of carbonyl (C=O) groups is 1. The number of rotatable bonds is 3. The summed E-state index contributed by atoms with van der Waals surface area (Å²) >= 11 is 1.73. The molecule has 1 aliphatic carbocycles. The normalized spacial score (nSPS) is 22.2. The highest BCUT2D eigenvalue weighted by Crippen LogP contribution is 2.46. The molecule has 0 radical (unpaired) electrons. The lowest BCUT2D eigenvalue weighted by atomic mass is 9.69. The third-order valence-electron chi connectivity index (χ3n) is 6.26. The minimum atomic E-state index is -0.307. The van der Waals surface area contributed by atoms with E-state index in [1.165, 1.54) is 29.0 Å². The van der Waals surface area contributed by atoms with Crippen LogP contribution in [0.4, 0.5) is 9.39 Å². The summed E-state index contributed by atoms with van der Waals surface area (Å²) in [6.45, 7) is 6.97. The van der Waals surface area contributed by atoms with Gasteiger partial charge in [0.1, 0.15) is 17.0 Å². The maximum absolute atomic E-state index is 13.2. The highest BCUT2D eigenvalue weighted by Gasteiger charge is 2.37. The smallest absolute Gasteiger partial charge is 0.256 e. The maximum atomic E-state index is 13.2. The molecule has 2 heterocycles. The quantitative estimate of drug-likeness (QED) is 0.769. The van der Waals surface area contributed by atoms with Crippen molar-refractivity contribution >= 4 is 22.2 Å². The van der Waals surface area contributed by atoms with Gasteiger partial charge in [0.2, 0.25) is 0 Å². The molecule has 0 unspecified atom stereocenters. The zero-order chi connectivity index (χ0) is 18.5. The molecule has 1 aliphatic heterocycles. The average Bonchev–Trinajstić information content (AvgIpc) is 3.00. The van der Waals surface area contributed by atoms with Crippen LogP contribution in [0, 0.1) is 17.2 Å². The van der Waals surface area contributed by atoms with Crippen molar-refractivity contribution in [3.05, 3.63) is 51.7 Å². The highest BCUT2D eigenvalue weighted by molar-refractivity contribution is 7.16. The van der Waals surface area contributed by atoms with Crippen molar-refractivity contribution in [3.63, 3.8) is 0 Å². The summed E-state index contributed by atoms with van der Waals surface area (Å²) in [7, 11) is 0. The first-order valence-electron chi connectivity index (χ1n) is 9.36. The van der Waals surface area contributed by atoms with Gasteiger partial charge in [0, 0.05) is 4.88 Å². The molecule has 2 aromatic rings. The van der Waals surface area contributed by atoms with Crippen LogP contribution in [0.2, 0.25) is 0 Å². The fourth-order valence-electron chi connectivity index (χ4n) is 4.08. The predicted molar refractivity (Wildman–Crippen MR) is 104 cm³/mol. The second-order valence-electron chi connectivity index (χ2n) is 8.09.